The van der Waals surface area contributed by atoms with Gasteiger partial charge in [-0.25, -0.2) is 0 Å². The van der Waals surface area contributed by atoms with E-state index in [-0.39, 0.29) is 10.8 Å². The first kappa shape index (κ1) is 19.8. The third kappa shape index (κ3) is 3.97. The molecule has 0 atom stereocenters. The number of carbonyl (C=O) groups excluding carboxylic acids is 2. The molecule has 1 saturated heterocycles. The van der Waals surface area contributed by atoms with E-state index in [2.05, 4.69) is 10.3 Å². The molecule has 0 radical (unpaired) electrons. The summed E-state index contributed by atoms with van der Waals surface area (Å²) in [4.78, 5) is 28.2. The standard InChI is InChI=1S/C19H12ClF3N2O3S/c20-13-7-10(19(21,22)23)4-5-14(13)28-11-6-9-2-1-3-12(15(9)24-8-11)16-17(26)25-18(27)29-16/h4-8H,1-3H2,(H,25,26,27)/b16-12-. The average Bonchev–Trinajstić information content (AvgIpc) is 3.00. The minimum absolute atomic E-state index is 0.0760. The fourth-order valence-corrected chi connectivity index (χ4v) is 4.22. The predicted octanol–water partition coefficient (Wildman–Crippen LogP) is 5.58. The zero-order chi connectivity index (χ0) is 20.8. The zero-order valence-corrected chi connectivity index (χ0v) is 16.2. The lowest BCUT2D eigenvalue weighted by atomic mass is 9.91. The molecule has 0 spiro atoms. The van der Waals surface area contributed by atoms with Crippen molar-refractivity contribution in [1.29, 1.82) is 0 Å². The summed E-state index contributed by atoms with van der Waals surface area (Å²) in [6, 6.07) is 4.57. The Morgan fingerprint density at radius 2 is 1.97 bits per heavy atom. The highest BCUT2D eigenvalue weighted by Gasteiger charge is 2.32. The molecule has 1 N–H and O–H groups in total. The quantitative estimate of drug-likeness (QED) is 0.618. The molecule has 0 unspecified atom stereocenters. The number of pyridine rings is 1. The minimum Gasteiger partial charge on any atom is -0.454 e. The number of thioether (sulfide) groups is 1. The highest BCUT2D eigenvalue weighted by molar-refractivity contribution is 8.18. The van der Waals surface area contributed by atoms with Gasteiger partial charge in [0.1, 0.15) is 11.5 Å². The molecule has 1 aromatic carbocycles. The number of nitrogens with zero attached hydrogens (tertiary/aromatic N) is 1. The molecule has 5 nitrogen and oxygen atoms in total. The second kappa shape index (κ2) is 7.38. The lowest BCUT2D eigenvalue weighted by Gasteiger charge is -2.20. The molecule has 2 aliphatic rings. The summed E-state index contributed by atoms with van der Waals surface area (Å²) in [6.07, 6.45) is -1.01. The van der Waals surface area contributed by atoms with Crippen molar-refractivity contribution >= 4 is 40.1 Å². The summed E-state index contributed by atoms with van der Waals surface area (Å²) in [5, 5.41) is 1.66. The fraction of sp³-hybridized carbons (Fsp3) is 0.211. The number of fused-ring (bicyclic) bond motifs is 1. The number of halogens is 4. The van der Waals surface area contributed by atoms with Crippen molar-refractivity contribution < 1.29 is 27.5 Å². The van der Waals surface area contributed by atoms with Crippen molar-refractivity contribution in [2.75, 3.05) is 0 Å². The summed E-state index contributed by atoms with van der Waals surface area (Å²) in [7, 11) is 0. The number of amides is 2. The fourth-order valence-electron chi connectivity index (χ4n) is 3.20. The van der Waals surface area contributed by atoms with Crippen molar-refractivity contribution in [3.05, 3.63) is 57.2 Å². The molecule has 0 bridgehead atoms. The largest absolute Gasteiger partial charge is 0.454 e. The molecule has 0 saturated carbocycles. The van der Waals surface area contributed by atoms with E-state index in [1.165, 1.54) is 6.20 Å². The Kier molecular flexibility index (Phi) is 5.04. The number of aryl methyl sites for hydroxylation is 1. The normalized spacial score (nSPS) is 19.2. The summed E-state index contributed by atoms with van der Waals surface area (Å²) in [5.74, 6) is -0.0371. The first-order valence-electron chi connectivity index (χ1n) is 8.52. The van der Waals surface area contributed by atoms with Crippen molar-refractivity contribution in [3.63, 3.8) is 0 Å². The number of benzene rings is 1. The van der Waals surface area contributed by atoms with Gasteiger partial charge in [0.05, 0.1) is 27.4 Å². The van der Waals surface area contributed by atoms with Gasteiger partial charge in [-0.3, -0.25) is 19.9 Å². The van der Waals surface area contributed by atoms with Crippen LogP contribution in [0.15, 0.2) is 35.4 Å². The Labute approximate surface area is 172 Å². The van der Waals surface area contributed by atoms with Crippen LogP contribution in [0.25, 0.3) is 5.57 Å². The van der Waals surface area contributed by atoms with E-state index in [9.17, 15) is 22.8 Å². The summed E-state index contributed by atoms with van der Waals surface area (Å²) in [5.41, 5.74) is 1.29. The molecule has 1 aliphatic heterocycles. The monoisotopic (exact) mass is 440 g/mol. The molecular weight excluding hydrogens is 429 g/mol. The number of allylic oxidation sites excluding steroid dienone is 1. The first-order chi connectivity index (χ1) is 13.7. The van der Waals surface area contributed by atoms with Gasteiger partial charge in [-0.05, 0) is 66.4 Å². The highest BCUT2D eigenvalue weighted by atomic mass is 35.5. The number of imide groups is 1. The van der Waals surface area contributed by atoms with Crippen LogP contribution in [0.3, 0.4) is 0 Å². The number of hydrogen-bond acceptors (Lipinski definition) is 5. The first-order valence-corrected chi connectivity index (χ1v) is 9.72. The van der Waals surface area contributed by atoms with E-state index >= 15 is 0 Å². The summed E-state index contributed by atoms with van der Waals surface area (Å²) in [6.45, 7) is 0. The lowest BCUT2D eigenvalue weighted by molar-refractivity contribution is -0.137. The molecule has 150 valence electrons. The average molecular weight is 441 g/mol. The van der Waals surface area contributed by atoms with Crippen molar-refractivity contribution in [2.24, 2.45) is 0 Å². The molecule has 2 aromatic rings. The maximum absolute atomic E-state index is 12.8. The third-order valence-corrected chi connectivity index (χ3v) is 5.70. The molecule has 10 heteroatoms. The van der Waals surface area contributed by atoms with Gasteiger partial charge in [-0.1, -0.05) is 11.6 Å². The maximum Gasteiger partial charge on any atom is 0.416 e. The maximum atomic E-state index is 12.8. The highest BCUT2D eigenvalue weighted by Crippen LogP contribution is 2.40. The number of aromatic nitrogens is 1. The van der Waals surface area contributed by atoms with Gasteiger partial charge in [-0.2, -0.15) is 13.2 Å². The van der Waals surface area contributed by atoms with E-state index in [1.807, 2.05) is 0 Å². The Morgan fingerprint density at radius 1 is 1.17 bits per heavy atom. The van der Waals surface area contributed by atoms with Crippen LogP contribution in [-0.4, -0.2) is 16.1 Å². The van der Waals surface area contributed by atoms with Gasteiger partial charge in [0.15, 0.2) is 0 Å². The Morgan fingerprint density at radius 3 is 2.62 bits per heavy atom. The number of carbonyl (C=O) groups is 2. The number of ether oxygens (including phenoxy) is 1. The predicted molar refractivity (Wildman–Crippen MR) is 102 cm³/mol. The Balaban J connectivity index is 1.63. The SMILES string of the molecule is O=C1NC(=O)/C(=C2\CCCc3cc(Oc4ccc(C(F)(F)F)cc4Cl)cnc32)S1. The second-order valence-electron chi connectivity index (χ2n) is 6.43. The lowest BCUT2D eigenvalue weighted by Crippen LogP contribution is -2.19. The Hall–Kier alpha value is -2.52. The van der Waals surface area contributed by atoms with E-state index in [1.54, 1.807) is 6.07 Å². The smallest absolute Gasteiger partial charge is 0.416 e. The van der Waals surface area contributed by atoms with Crippen LogP contribution >= 0.6 is 23.4 Å². The zero-order valence-electron chi connectivity index (χ0n) is 14.6. The molecule has 1 aliphatic carbocycles. The van der Waals surface area contributed by atoms with Gasteiger partial charge >= 0.3 is 6.18 Å². The van der Waals surface area contributed by atoms with Gasteiger partial charge in [0.2, 0.25) is 0 Å². The molecule has 1 aromatic heterocycles. The molecule has 1 fully saturated rings. The van der Waals surface area contributed by atoms with E-state index in [0.29, 0.717) is 34.8 Å². The van der Waals surface area contributed by atoms with Crippen molar-refractivity contribution in [1.82, 2.24) is 10.3 Å². The number of alkyl halides is 3. The van der Waals surface area contributed by atoms with Gasteiger partial charge in [0.25, 0.3) is 11.1 Å². The van der Waals surface area contributed by atoms with Gasteiger partial charge in [-0.15, -0.1) is 0 Å². The third-order valence-electron chi connectivity index (χ3n) is 4.48. The molecule has 29 heavy (non-hydrogen) atoms. The van der Waals surface area contributed by atoms with Gasteiger partial charge < -0.3 is 4.74 Å². The van der Waals surface area contributed by atoms with Crippen LogP contribution in [0.4, 0.5) is 18.0 Å². The summed E-state index contributed by atoms with van der Waals surface area (Å²) >= 11 is 6.79. The molecule has 4 rings (SSSR count). The van der Waals surface area contributed by atoms with Crippen LogP contribution in [0.5, 0.6) is 11.5 Å². The molecular formula is C19H12ClF3N2O3S. The van der Waals surface area contributed by atoms with E-state index in [0.717, 1.165) is 41.9 Å². The van der Waals surface area contributed by atoms with Gasteiger partial charge in [0, 0.05) is 0 Å². The summed E-state index contributed by atoms with van der Waals surface area (Å²) < 4.78 is 43.9. The van der Waals surface area contributed by atoms with Crippen molar-refractivity contribution in [2.45, 2.75) is 25.4 Å². The van der Waals surface area contributed by atoms with Crippen LogP contribution in [-0.2, 0) is 17.4 Å². The van der Waals surface area contributed by atoms with E-state index < -0.39 is 22.9 Å². The number of nitrogens with one attached hydrogen (secondary N) is 1. The topological polar surface area (TPSA) is 68.3 Å². The van der Waals surface area contributed by atoms with Crippen LogP contribution in [0.1, 0.15) is 29.7 Å². The van der Waals surface area contributed by atoms with Crippen LogP contribution in [0, 0.1) is 0 Å². The van der Waals surface area contributed by atoms with Crippen molar-refractivity contribution in [3.8, 4) is 11.5 Å². The minimum atomic E-state index is -4.49. The van der Waals surface area contributed by atoms with Crippen LogP contribution < -0.4 is 10.1 Å². The van der Waals surface area contributed by atoms with E-state index in [4.69, 9.17) is 16.3 Å². The molecule has 2 amide bonds. The Bertz CT molecular complexity index is 1070. The van der Waals surface area contributed by atoms with Crippen LogP contribution in [0.2, 0.25) is 5.02 Å². The number of rotatable bonds is 2. The number of hydrogen-bond donors (Lipinski definition) is 1. The molecule has 2 heterocycles. The second-order valence-corrected chi connectivity index (χ2v) is 7.82.